The minimum Gasteiger partial charge on any atom is -0.458 e. The average Bonchev–Trinajstić information content (AvgIpc) is 3.39. The Hall–Kier alpha value is -2.55. The predicted molar refractivity (Wildman–Crippen MR) is 169 cm³/mol. The molecule has 0 saturated carbocycles. The van der Waals surface area contributed by atoms with E-state index in [1.54, 1.807) is 31.0 Å². The molecular formula is C29H44N5O8PS. The Kier molecular flexibility index (Phi) is 13.2. The largest absolute Gasteiger partial charge is 0.458 e. The van der Waals surface area contributed by atoms with Crippen LogP contribution < -0.4 is 16.6 Å². The molecular weight excluding hydrogens is 609 g/mol. The summed E-state index contributed by atoms with van der Waals surface area (Å²) < 4.78 is 37.4. The number of nitrogens with zero attached hydrogens (tertiary/aromatic N) is 2. The summed E-state index contributed by atoms with van der Waals surface area (Å²) in [4.78, 5) is 31.0. The highest BCUT2D eigenvalue weighted by Gasteiger charge is 2.43. The lowest BCUT2D eigenvalue weighted by atomic mass is 9.97. The molecule has 13 nitrogen and oxygen atoms in total. The third-order valence-electron chi connectivity index (χ3n) is 6.96. The number of nitrogens with two attached hydrogens (primary N) is 2. The van der Waals surface area contributed by atoms with Crippen molar-refractivity contribution in [2.45, 2.75) is 65.1 Å². The normalized spacial score (nSPS) is 22.5. The van der Waals surface area contributed by atoms with E-state index in [1.165, 1.54) is 0 Å². The molecule has 15 heteroatoms. The fourth-order valence-electron chi connectivity index (χ4n) is 4.03. The molecule has 0 spiro atoms. The number of aliphatic hydroxyl groups excluding tert-OH is 1. The molecule has 3 unspecified atom stereocenters. The van der Waals surface area contributed by atoms with Crippen molar-refractivity contribution in [2.75, 3.05) is 25.6 Å². The molecule has 1 aromatic rings. The summed E-state index contributed by atoms with van der Waals surface area (Å²) in [7, 11) is -3.97. The van der Waals surface area contributed by atoms with Crippen LogP contribution in [0.1, 0.15) is 39.7 Å². The van der Waals surface area contributed by atoms with Gasteiger partial charge in [0.25, 0.3) is 0 Å². The Morgan fingerprint density at radius 1 is 1.30 bits per heavy atom. The Morgan fingerprint density at radius 3 is 2.64 bits per heavy atom. The minimum atomic E-state index is -3.97. The van der Waals surface area contributed by atoms with Gasteiger partial charge in [0.2, 0.25) is 0 Å². The first-order chi connectivity index (χ1) is 20.7. The van der Waals surface area contributed by atoms with Crippen LogP contribution in [-0.2, 0) is 39.2 Å². The number of hydrogen-bond acceptors (Lipinski definition) is 13. The molecule has 0 amide bonds. The maximum absolute atomic E-state index is 13.9. The second kappa shape index (κ2) is 16.1. The maximum Gasteiger partial charge on any atom is 0.405 e. The third kappa shape index (κ3) is 10.2. The molecule has 244 valence electrons. The number of carbonyl (C=O) groups is 2. The number of esters is 1. The molecule has 2 heterocycles. The summed E-state index contributed by atoms with van der Waals surface area (Å²) in [6.45, 7) is 10.4. The van der Waals surface area contributed by atoms with Crippen molar-refractivity contribution in [1.82, 2.24) is 9.99 Å². The first kappa shape index (κ1) is 35.9. The number of nitrogens with one attached hydrogen (secondary N) is 1. The molecule has 2 aliphatic rings. The Balaban J connectivity index is 1.72. The van der Waals surface area contributed by atoms with Gasteiger partial charge in [0.1, 0.15) is 36.1 Å². The molecule has 1 saturated heterocycles. The van der Waals surface area contributed by atoms with E-state index in [1.807, 2.05) is 44.2 Å². The average molecular weight is 654 g/mol. The van der Waals surface area contributed by atoms with Crippen LogP contribution in [0.15, 0.2) is 60.0 Å². The van der Waals surface area contributed by atoms with E-state index in [0.717, 1.165) is 17.3 Å². The van der Waals surface area contributed by atoms with Gasteiger partial charge in [-0.25, -0.2) is 14.6 Å². The summed E-state index contributed by atoms with van der Waals surface area (Å²) >= 11 is 0.973. The fraction of sp³-hybridized carbons (Fsp3) is 0.552. The number of benzene rings is 1. The zero-order chi connectivity index (χ0) is 32.5. The number of amidine groups is 1. The van der Waals surface area contributed by atoms with Gasteiger partial charge in [-0.05, 0) is 31.4 Å². The lowest BCUT2D eigenvalue weighted by Crippen LogP contribution is -2.41. The van der Waals surface area contributed by atoms with Crippen molar-refractivity contribution >= 4 is 36.4 Å². The van der Waals surface area contributed by atoms with Crippen molar-refractivity contribution in [3.8, 4) is 0 Å². The van der Waals surface area contributed by atoms with Gasteiger partial charge in [-0.2, -0.15) is 0 Å². The van der Waals surface area contributed by atoms with Crippen LogP contribution in [0.4, 0.5) is 0 Å². The van der Waals surface area contributed by atoms with Crippen LogP contribution in [0.2, 0.25) is 0 Å². The second-order valence-corrected chi connectivity index (χ2v) is 14.3. The Labute approximate surface area is 263 Å². The minimum absolute atomic E-state index is 0.0788. The summed E-state index contributed by atoms with van der Waals surface area (Å²) in [5, 5.41) is 12.1. The first-order valence-electron chi connectivity index (χ1n) is 14.3. The van der Waals surface area contributed by atoms with Gasteiger partial charge in [-0.1, -0.05) is 62.5 Å². The molecule has 0 radical (unpaired) electrons. The van der Waals surface area contributed by atoms with E-state index in [2.05, 4.69) is 16.7 Å². The smallest absolute Gasteiger partial charge is 0.405 e. The van der Waals surface area contributed by atoms with Crippen molar-refractivity contribution in [2.24, 2.45) is 27.8 Å². The lowest BCUT2D eigenvalue weighted by Gasteiger charge is -2.28. The van der Waals surface area contributed by atoms with E-state index < -0.39 is 43.6 Å². The van der Waals surface area contributed by atoms with Gasteiger partial charge in [0.05, 0.1) is 25.2 Å². The highest BCUT2D eigenvalue weighted by Crippen LogP contribution is 2.45. The second-order valence-electron chi connectivity index (χ2n) is 11.4. The number of thioether (sulfide) groups is 1. The molecule has 1 fully saturated rings. The standard InChI is InChI=1S/C29H44N5O8PS/c1-19(2)26(31)27(36)42-22-15-25(34-12-11-24(30)33-20(34)3)41-23(22)17-40-43(38,32-16-21-9-7-6-8-10-21)39-13-14-44-28(37)29(4,5)18-35/h6-12,19,22-23,25-26,35H,3,13-18,31H2,1-2,4-5H3,(H2,30,33)(H,32,38)/t22?,23-,25-,26?,43?/m1/s1. The van der Waals surface area contributed by atoms with Gasteiger partial charge in [0, 0.05) is 24.9 Å². The van der Waals surface area contributed by atoms with Gasteiger partial charge in [-0.3, -0.25) is 18.6 Å². The zero-order valence-electron chi connectivity index (χ0n) is 25.6. The SMILES string of the molecule is C=C1N=C(N)C=CN1[C@H]1CC(OC(=O)C(N)C(C)C)[C@@H](COP(=O)(NCc2ccccc2)OCCSC(=O)C(C)(C)CO)O1. The van der Waals surface area contributed by atoms with Crippen molar-refractivity contribution in [3.05, 3.63) is 60.6 Å². The summed E-state index contributed by atoms with van der Waals surface area (Å²) in [5.41, 5.74) is 11.7. The molecule has 6 N–H and O–H groups in total. The van der Waals surface area contributed by atoms with Gasteiger partial charge < -0.3 is 30.9 Å². The van der Waals surface area contributed by atoms with Gasteiger partial charge in [-0.15, -0.1) is 0 Å². The lowest BCUT2D eigenvalue weighted by molar-refractivity contribution is -0.155. The number of hydrogen-bond donors (Lipinski definition) is 4. The number of carbonyl (C=O) groups excluding carboxylic acids is 2. The van der Waals surface area contributed by atoms with Crippen LogP contribution in [0.5, 0.6) is 0 Å². The van der Waals surface area contributed by atoms with Crippen molar-refractivity contribution in [1.29, 1.82) is 0 Å². The number of aliphatic hydroxyl groups is 1. The van der Waals surface area contributed by atoms with Crippen LogP contribution in [0.25, 0.3) is 0 Å². The van der Waals surface area contributed by atoms with Crippen LogP contribution in [-0.4, -0.2) is 77.0 Å². The first-order valence-corrected chi connectivity index (χ1v) is 16.8. The van der Waals surface area contributed by atoms with Gasteiger partial charge >= 0.3 is 13.7 Å². The van der Waals surface area contributed by atoms with E-state index in [-0.39, 0.29) is 55.4 Å². The molecule has 0 aliphatic carbocycles. The summed E-state index contributed by atoms with van der Waals surface area (Å²) in [5.74, 6) is 0.0721. The molecule has 0 aromatic heterocycles. The van der Waals surface area contributed by atoms with Crippen LogP contribution >= 0.6 is 19.5 Å². The van der Waals surface area contributed by atoms with Crippen LogP contribution in [0, 0.1) is 11.3 Å². The maximum atomic E-state index is 13.9. The van der Waals surface area contributed by atoms with E-state index in [9.17, 15) is 19.3 Å². The highest BCUT2D eigenvalue weighted by atomic mass is 32.2. The Morgan fingerprint density at radius 2 is 2.00 bits per heavy atom. The van der Waals surface area contributed by atoms with Crippen molar-refractivity contribution < 1.29 is 37.8 Å². The number of rotatable bonds is 16. The quantitative estimate of drug-likeness (QED) is 0.116. The van der Waals surface area contributed by atoms with Gasteiger partial charge in [0.15, 0.2) is 5.12 Å². The van der Waals surface area contributed by atoms with Crippen LogP contribution in [0.3, 0.4) is 0 Å². The highest BCUT2D eigenvalue weighted by molar-refractivity contribution is 8.13. The molecule has 2 aliphatic heterocycles. The molecule has 44 heavy (non-hydrogen) atoms. The number of aliphatic imine (C=N–C) groups is 1. The molecule has 1 aromatic carbocycles. The molecule has 0 bridgehead atoms. The van der Waals surface area contributed by atoms with Crippen molar-refractivity contribution in [3.63, 3.8) is 0 Å². The summed E-state index contributed by atoms with van der Waals surface area (Å²) in [6, 6.07) is 8.43. The molecule has 5 atom stereocenters. The monoisotopic (exact) mass is 653 g/mol. The van der Waals surface area contributed by atoms with E-state index >= 15 is 0 Å². The van der Waals surface area contributed by atoms with E-state index in [0.29, 0.717) is 5.82 Å². The predicted octanol–water partition coefficient (Wildman–Crippen LogP) is 2.86. The third-order valence-corrected chi connectivity index (χ3v) is 9.71. The topological polar surface area (TPSA) is 188 Å². The summed E-state index contributed by atoms with van der Waals surface area (Å²) in [6.07, 6.45) is 1.22. The number of ether oxygens (including phenoxy) is 2. The zero-order valence-corrected chi connectivity index (χ0v) is 27.3. The molecule has 3 rings (SSSR count). The fourth-order valence-corrected chi connectivity index (χ4v) is 6.27. The Bertz CT molecular complexity index is 1260. The van der Waals surface area contributed by atoms with E-state index in [4.69, 9.17) is 30.0 Å².